The second kappa shape index (κ2) is 6.90. The van der Waals surface area contributed by atoms with Crippen molar-refractivity contribution in [3.8, 4) is 0 Å². The molecule has 0 aliphatic rings. The standard InChI is InChI=1S/C3H10Si.C2H8O6P2/c1-4(2)3;3-9(4,5)1-2-10(6,7)8/h4H,1-3H3;1-2H2,(H2,3,4,5)(H2,6,7,8). The van der Waals surface area contributed by atoms with Crippen LogP contribution in [0.1, 0.15) is 0 Å². The molecule has 0 bridgehead atoms. The van der Waals surface area contributed by atoms with Crippen LogP contribution in [0.25, 0.3) is 0 Å². The van der Waals surface area contributed by atoms with Gasteiger partial charge in [0.1, 0.15) is 0 Å². The van der Waals surface area contributed by atoms with Crippen LogP contribution in [0.3, 0.4) is 0 Å². The molecule has 9 heteroatoms. The van der Waals surface area contributed by atoms with E-state index >= 15 is 0 Å². The molecule has 0 aliphatic heterocycles. The lowest BCUT2D eigenvalue weighted by Crippen LogP contribution is -1.95. The van der Waals surface area contributed by atoms with Gasteiger partial charge in [-0.1, -0.05) is 19.6 Å². The zero-order chi connectivity index (χ0) is 12.0. The fraction of sp³-hybridized carbons (Fsp3) is 1.00. The van der Waals surface area contributed by atoms with Crippen LogP contribution >= 0.6 is 15.2 Å². The number of rotatable bonds is 3. The molecule has 88 valence electrons. The number of hydrogen-bond donors (Lipinski definition) is 4. The van der Waals surface area contributed by atoms with E-state index in [0.29, 0.717) is 0 Å². The fourth-order valence-corrected chi connectivity index (χ4v) is 2.34. The highest BCUT2D eigenvalue weighted by Gasteiger charge is 2.20. The fourth-order valence-electron chi connectivity index (χ4n) is 0.261. The Hall–Kier alpha value is 0.517. The Kier molecular flexibility index (Phi) is 8.35. The first-order chi connectivity index (χ1) is 5.94. The van der Waals surface area contributed by atoms with Crippen molar-refractivity contribution in [1.29, 1.82) is 0 Å². The zero-order valence-electron chi connectivity index (χ0n) is 8.49. The van der Waals surface area contributed by atoms with Crippen molar-refractivity contribution < 1.29 is 28.7 Å². The highest BCUT2D eigenvalue weighted by molar-refractivity contribution is 7.56. The largest absolute Gasteiger partial charge is 0.326 e. The van der Waals surface area contributed by atoms with Gasteiger partial charge >= 0.3 is 15.2 Å². The van der Waals surface area contributed by atoms with Crippen molar-refractivity contribution in [3.63, 3.8) is 0 Å². The minimum atomic E-state index is -4.25. The van der Waals surface area contributed by atoms with E-state index in [1.54, 1.807) is 0 Å². The van der Waals surface area contributed by atoms with Crippen LogP contribution in [-0.4, -0.2) is 40.7 Å². The number of hydrogen-bond acceptors (Lipinski definition) is 2. The normalized spacial score (nSPS) is 12.3. The molecule has 0 aromatic carbocycles. The summed E-state index contributed by atoms with van der Waals surface area (Å²) in [6.45, 7) is 6.92. The lowest BCUT2D eigenvalue weighted by Gasteiger charge is -2.03. The molecule has 0 rings (SSSR count). The summed E-state index contributed by atoms with van der Waals surface area (Å²) in [6, 6.07) is 0. The average Bonchev–Trinajstić information content (AvgIpc) is 1.79. The van der Waals surface area contributed by atoms with Gasteiger partial charge in [-0.05, 0) is 0 Å². The van der Waals surface area contributed by atoms with E-state index in [-0.39, 0.29) is 8.80 Å². The Morgan fingerprint density at radius 2 is 1.00 bits per heavy atom. The molecule has 0 saturated heterocycles. The van der Waals surface area contributed by atoms with E-state index in [4.69, 9.17) is 19.6 Å². The molecular weight excluding hydrogens is 246 g/mol. The maximum absolute atomic E-state index is 10.0. The zero-order valence-corrected chi connectivity index (χ0v) is 11.4. The van der Waals surface area contributed by atoms with E-state index in [0.717, 1.165) is 0 Å². The van der Waals surface area contributed by atoms with Crippen LogP contribution in [0.4, 0.5) is 0 Å². The van der Waals surface area contributed by atoms with Crippen LogP contribution in [0.15, 0.2) is 0 Å². The molecule has 0 aliphatic carbocycles. The Morgan fingerprint density at radius 1 is 0.857 bits per heavy atom. The van der Waals surface area contributed by atoms with Crippen LogP contribution in [0, 0.1) is 0 Å². The second-order valence-corrected chi connectivity index (χ2v) is 10.5. The minimum Gasteiger partial charge on any atom is -0.324 e. The molecule has 14 heavy (non-hydrogen) atoms. The molecule has 0 atom stereocenters. The highest BCUT2D eigenvalue weighted by atomic mass is 31.2. The van der Waals surface area contributed by atoms with Crippen molar-refractivity contribution in [2.45, 2.75) is 19.6 Å². The highest BCUT2D eigenvalue weighted by Crippen LogP contribution is 2.42. The second-order valence-electron chi connectivity index (χ2n) is 3.51. The molecular formula is C5H18O6P2Si. The van der Waals surface area contributed by atoms with Gasteiger partial charge in [-0.15, -0.1) is 0 Å². The topological polar surface area (TPSA) is 115 Å². The Bertz CT molecular complexity index is 206. The summed E-state index contributed by atoms with van der Waals surface area (Å²) in [5.74, 6) is 0. The summed E-state index contributed by atoms with van der Waals surface area (Å²) in [4.78, 5) is 32.6. The molecule has 0 heterocycles. The molecule has 6 nitrogen and oxygen atoms in total. The van der Waals surface area contributed by atoms with E-state index in [9.17, 15) is 9.13 Å². The smallest absolute Gasteiger partial charge is 0.324 e. The predicted octanol–water partition coefficient (Wildman–Crippen LogP) is 0.445. The van der Waals surface area contributed by atoms with E-state index in [1.165, 1.54) is 0 Å². The first-order valence-corrected chi connectivity index (χ1v) is 11.1. The van der Waals surface area contributed by atoms with Gasteiger partial charge in [0.2, 0.25) is 0 Å². The van der Waals surface area contributed by atoms with E-state index in [2.05, 4.69) is 19.6 Å². The maximum Gasteiger partial charge on any atom is 0.326 e. The molecule has 0 unspecified atom stereocenters. The van der Waals surface area contributed by atoms with Gasteiger partial charge in [-0.3, -0.25) is 9.13 Å². The average molecular weight is 264 g/mol. The van der Waals surface area contributed by atoms with Crippen molar-refractivity contribution >= 4 is 24.0 Å². The molecule has 0 saturated carbocycles. The molecule has 0 aromatic heterocycles. The quantitative estimate of drug-likeness (QED) is 0.434. The van der Waals surface area contributed by atoms with Crippen molar-refractivity contribution in [2.24, 2.45) is 0 Å². The van der Waals surface area contributed by atoms with E-state index in [1.807, 2.05) is 0 Å². The summed E-state index contributed by atoms with van der Waals surface area (Å²) in [5.41, 5.74) is 0. The molecule has 0 fully saturated rings. The Morgan fingerprint density at radius 3 is 1.07 bits per heavy atom. The van der Waals surface area contributed by atoms with Gasteiger partial charge in [0.15, 0.2) is 0 Å². The van der Waals surface area contributed by atoms with E-state index < -0.39 is 27.5 Å². The monoisotopic (exact) mass is 264 g/mol. The van der Waals surface area contributed by atoms with Crippen molar-refractivity contribution in [2.75, 3.05) is 12.3 Å². The van der Waals surface area contributed by atoms with Crippen LogP contribution < -0.4 is 0 Å². The Balaban J connectivity index is 0. The van der Waals surface area contributed by atoms with Gasteiger partial charge in [0.25, 0.3) is 0 Å². The van der Waals surface area contributed by atoms with Crippen molar-refractivity contribution in [1.82, 2.24) is 0 Å². The summed E-state index contributed by atoms with van der Waals surface area (Å²) < 4.78 is 20.1. The van der Waals surface area contributed by atoms with Gasteiger partial charge in [0, 0.05) is 8.80 Å². The first kappa shape index (κ1) is 16.9. The lowest BCUT2D eigenvalue weighted by molar-refractivity contribution is 0.360. The lowest BCUT2D eigenvalue weighted by atomic mass is 11.0. The van der Waals surface area contributed by atoms with Crippen LogP contribution in [0.2, 0.25) is 19.6 Å². The molecule has 0 amide bonds. The van der Waals surface area contributed by atoms with Crippen LogP contribution in [-0.2, 0) is 9.13 Å². The third kappa shape index (κ3) is 29.4. The Labute approximate surface area is 85.3 Å². The summed E-state index contributed by atoms with van der Waals surface area (Å²) in [7, 11) is -8.65. The van der Waals surface area contributed by atoms with Gasteiger partial charge in [-0.25, -0.2) is 0 Å². The first-order valence-electron chi connectivity index (χ1n) is 4.03. The molecule has 0 radical (unpaired) electrons. The molecule has 0 spiro atoms. The third-order valence-electron chi connectivity index (χ3n) is 0.683. The SMILES string of the molecule is C[SiH](C)C.O=P(O)(O)CCP(=O)(O)O. The summed E-state index contributed by atoms with van der Waals surface area (Å²) in [6.07, 6.45) is -1.53. The summed E-state index contributed by atoms with van der Waals surface area (Å²) >= 11 is 0. The third-order valence-corrected chi connectivity index (χ3v) is 2.65. The van der Waals surface area contributed by atoms with Crippen LogP contribution in [0.5, 0.6) is 0 Å². The summed E-state index contributed by atoms with van der Waals surface area (Å²) in [5, 5.41) is 0. The predicted molar refractivity (Wildman–Crippen MR) is 58.6 cm³/mol. The molecule has 4 N–H and O–H groups in total. The van der Waals surface area contributed by atoms with Gasteiger partial charge < -0.3 is 19.6 Å². The molecule has 0 aromatic rings. The van der Waals surface area contributed by atoms with Crippen molar-refractivity contribution in [3.05, 3.63) is 0 Å². The van der Waals surface area contributed by atoms with Gasteiger partial charge in [0.05, 0.1) is 12.3 Å². The minimum absolute atomic E-state index is 0.139. The van der Waals surface area contributed by atoms with Gasteiger partial charge in [-0.2, -0.15) is 0 Å². The maximum atomic E-state index is 10.0.